The minimum absolute atomic E-state index is 0.0987. The quantitative estimate of drug-likeness (QED) is 0.141. The molecule has 2 aliphatic heterocycles. The van der Waals surface area contributed by atoms with Crippen LogP contribution in [-0.2, 0) is 22.7 Å². The van der Waals surface area contributed by atoms with Crippen molar-refractivity contribution in [3.63, 3.8) is 0 Å². The van der Waals surface area contributed by atoms with Crippen molar-refractivity contribution in [1.82, 2.24) is 31.2 Å². The third kappa shape index (κ3) is 8.16. The number of pyridine rings is 2. The van der Waals surface area contributed by atoms with E-state index in [0.717, 1.165) is 59.4 Å². The highest BCUT2D eigenvalue weighted by atomic mass is 35.5. The van der Waals surface area contributed by atoms with Crippen molar-refractivity contribution in [1.29, 1.82) is 0 Å². The van der Waals surface area contributed by atoms with Crippen molar-refractivity contribution in [2.24, 2.45) is 11.8 Å². The fraction of sp³-hybridized carbons (Fsp3) is 0.351. The van der Waals surface area contributed by atoms with Gasteiger partial charge in [-0.2, -0.15) is 0 Å². The Labute approximate surface area is 296 Å². The predicted molar refractivity (Wildman–Crippen MR) is 192 cm³/mol. The molecule has 2 fully saturated rings. The maximum absolute atomic E-state index is 11.7. The molecule has 2 aromatic heterocycles. The van der Waals surface area contributed by atoms with Gasteiger partial charge < -0.3 is 30.7 Å². The van der Waals surface area contributed by atoms with E-state index in [0.29, 0.717) is 71.6 Å². The van der Waals surface area contributed by atoms with Crippen molar-refractivity contribution in [3.8, 4) is 45.4 Å². The molecule has 6 rings (SSSR count). The molecule has 0 saturated carbocycles. The van der Waals surface area contributed by atoms with Crippen LogP contribution >= 0.6 is 23.2 Å². The molecule has 10 nitrogen and oxygen atoms in total. The van der Waals surface area contributed by atoms with Gasteiger partial charge in [0.1, 0.15) is 0 Å². The highest BCUT2D eigenvalue weighted by Crippen LogP contribution is 2.42. The summed E-state index contributed by atoms with van der Waals surface area (Å²) in [5, 5.41) is 13.7. The van der Waals surface area contributed by atoms with Crippen LogP contribution in [0.1, 0.15) is 30.4 Å². The maximum Gasteiger partial charge on any atom is 0.220 e. The van der Waals surface area contributed by atoms with E-state index in [1.54, 1.807) is 14.2 Å². The van der Waals surface area contributed by atoms with Crippen LogP contribution in [0.25, 0.3) is 33.6 Å². The van der Waals surface area contributed by atoms with Crippen molar-refractivity contribution in [2.75, 3.05) is 40.4 Å². The molecular formula is C37H40Cl2N6O4. The number of methoxy groups -OCH3 is 2. The Morgan fingerprint density at radius 1 is 0.694 bits per heavy atom. The van der Waals surface area contributed by atoms with E-state index < -0.39 is 0 Å². The first-order valence-corrected chi connectivity index (χ1v) is 17.2. The van der Waals surface area contributed by atoms with Crippen LogP contribution in [0.15, 0.2) is 60.7 Å². The Kier molecular flexibility index (Phi) is 11.3. The Bertz CT molecular complexity index is 1840. The van der Waals surface area contributed by atoms with Crippen LogP contribution in [0.3, 0.4) is 0 Å². The van der Waals surface area contributed by atoms with Gasteiger partial charge in [0, 0.05) is 78.9 Å². The summed E-state index contributed by atoms with van der Waals surface area (Å²) < 4.78 is 11.3. The van der Waals surface area contributed by atoms with E-state index >= 15 is 0 Å². The molecule has 4 aromatic rings. The monoisotopic (exact) mass is 702 g/mol. The fourth-order valence-electron chi connectivity index (χ4n) is 6.39. The zero-order valence-electron chi connectivity index (χ0n) is 27.6. The highest BCUT2D eigenvalue weighted by Gasteiger charge is 2.22. The largest absolute Gasteiger partial charge is 0.481 e. The van der Waals surface area contributed by atoms with Gasteiger partial charge >= 0.3 is 0 Å². The summed E-state index contributed by atoms with van der Waals surface area (Å²) in [5.74, 6) is 1.82. The number of hydrogen-bond donors (Lipinski definition) is 4. The van der Waals surface area contributed by atoms with E-state index in [4.69, 9.17) is 42.6 Å². The standard InChI is InChI=1S/C37H40Cl2N6O4/c1-48-36-24(20-40-17-22-13-14-42-32(46)15-22)9-11-30(44-36)28-7-3-5-26(34(28)38)27-6-4-8-29(35(27)39)31-12-10-25(37(45-31)49-2)21-41-18-23-16-33(47)43-19-23/h3-12,22-23,40-41H,13-21H2,1-2H3,(H,42,46)(H,43,47)/t22-,23-/m1/s1. The zero-order chi connectivity index (χ0) is 34.3. The normalized spacial score (nSPS) is 17.5. The third-order valence-electron chi connectivity index (χ3n) is 9.01. The van der Waals surface area contributed by atoms with Gasteiger partial charge in [0.2, 0.25) is 23.6 Å². The molecule has 2 aliphatic rings. The second-order valence-electron chi connectivity index (χ2n) is 12.4. The first kappa shape index (κ1) is 34.6. The van der Waals surface area contributed by atoms with Crippen molar-refractivity contribution >= 4 is 35.0 Å². The lowest BCUT2D eigenvalue weighted by atomic mass is 9.97. The number of carbonyl (C=O) groups excluding carboxylic acids is 2. The van der Waals surface area contributed by atoms with Crippen LogP contribution in [-0.4, -0.2) is 62.2 Å². The summed E-state index contributed by atoms with van der Waals surface area (Å²) in [6.45, 7) is 4.03. The molecular weight excluding hydrogens is 663 g/mol. The van der Waals surface area contributed by atoms with Gasteiger partial charge in [-0.25, -0.2) is 9.97 Å². The van der Waals surface area contributed by atoms with E-state index in [-0.39, 0.29) is 17.7 Å². The van der Waals surface area contributed by atoms with Crippen LogP contribution in [0.2, 0.25) is 10.0 Å². The average molecular weight is 704 g/mol. The molecule has 2 saturated heterocycles. The SMILES string of the molecule is COc1nc(-c2cccc(-c3cccc(-c4ccc(CNC[C@@H]5CCNC(=O)C5)c(OC)n4)c3Cl)c2Cl)ccc1CNC[C@@H]1CNC(=O)C1. The molecule has 2 amide bonds. The minimum atomic E-state index is 0.0987. The Morgan fingerprint density at radius 2 is 1.18 bits per heavy atom. The van der Waals surface area contributed by atoms with Gasteiger partial charge in [0.05, 0.1) is 35.7 Å². The lowest BCUT2D eigenvalue weighted by Crippen LogP contribution is -2.37. The van der Waals surface area contributed by atoms with Crippen molar-refractivity contribution < 1.29 is 19.1 Å². The first-order valence-electron chi connectivity index (χ1n) is 16.4. The van der Waals surface area contributed by atoms with E-state index in [1.807, 2.05) is 60.7 Å². The molecule has 2 atom stereocenters. The molecule has 0 bridgehead atoms. The Morgan fingerprint density at radius 3 is 1.67 bits per heavy atom. The number of nitrogens with one attached hydrogen (secondary N) is 4. The summed E-state index contributed by atoms with van der Waals surface area (Å²) in [6.07, 6.45) is 2.05. The molecule has 49 heavy (non-hydrogen) atoms. The average Bonchev–Trinajstić information content (AvgIpc) is 3.53. The number of ether oxygens (including phenoxy) is 2. The van der Waals surface area contributed by atoms with E-state index in [2.05, 4.69) is 21.3 Å². The Hall–Kier alpha value is -4.22. The van der Waals surface area contributed by atoms with Crippen molar-refractivity contribution in [2.45, 2.75) is 32.4 Å². The smallest absolute Gasteiger partial charge is 0.220 e. The second-order valence-corrected chi connectivity index (χ2v) is 13.2. The van der Waals surface area contributed by atoms with E-state index in [9.17, 15) is 9.59 Å². The summed E-state index contributed by atoms with van der Waals surface area (Å²) >= 11 is 14.2. The molecule has 0 spiro atoms. The number of piperidine rings is 1. The first-order chi connectivity index (χ1) is 23.8. The van der Waals surface area contributed by atoms with Crippen LogP contribution in [0, 0.1) is 11.8 Å². The van der Waals surface area contributed by atoms with Gasteiger partial charge in [-0.1, -0.05) is 71.7 Å². The maximum atomic E-state index is 11.7. The lowest BCUT2D eigenvalue weighted by Gasteiger charge is -2.22. The van der Waals surface area contributed by atoms with Crippen LogP contribution < -0.4 is 30.7 Å². The molecule has 0 radical (unpaired) electrons. The minimum Gasteiger partial charge on any atom is -0.481 e. The molecule has 2 aromatic carbocycles. The summed E-state index contributed by atoms with van der Waals surface area (Å²) in [6, 6.07) is 19.4. The third-order valence-corrected chi connectivity index (χ3v) is 9.83. The molecule has 4 N–H and O–H groups in total. The zero-order valence-corrected chi connectivity index (χ0v) is 29.1. The summed E-state index contributed by atoms with van der Waals surface area (Å²) in [4.78, 5) is 32.8. The fourth-order valence-corrected chi connectivity index (χ4v) is 7.04. The number of rotatable bonds is 13. The number of nitrogens with zero attached hydrogens (tertiary/aromatic N) is 2. The Balaban J connectivity index is 1.19. The molecule has 0 unspecified atom stereocenters. The number of aromatic nitrogens is 2. The lowest BCUT2D eigenvalue weighted by molar-refractivity contribution is -0.123. The van der Waals surface area contributed by atoms with Gasteiger partial charge in [0.15, 0.2) is 0 Å². The molecule has 12 heteroatoms. The van der Waals surface area contributed by atoms with Crippen LogP contribution in [0.5, 0.6) is 11.8 Å². The van der Waals surface area contributed by atoms with Gasteiger partial charge in [-0.05, 0) is 36.9 Å². The molecule has 0 aliphatic carbocycles. The van der Waals surface area contributed by atoms with Crippen LogP contribution in [0.4, 0.5) is 0 Å². The van der Waals surface area contributed by atoms with Gasteiger partial charge in [-0.15, -0.1) is 0 Å². The molecule has 4 heterocycles. The number of amides is 2. The number of hydrogen-bond acceptors (Lipinski definition) is 8. The molecule has 256 valence electrons. The highest BCUT2D eigenvalue weighted by molar-refractivity contribution is 6.39. The second kappa shape index (κ2) is 16.0. The number of halogens is 2. The number of benzene rings is 2. The van der Waals surface area contributed by atoms with E-state index in [1.165, 1.54) is 0 Å². The number of carbonyl (C=O) groups is 2. The van der Waals surface area contributed by atoms with Crippen molar-refractivity contribution in [3.05, 3.63) is 81.8 Å². The summed E-state index contributed by atoms with van der Waals surface area (Å²) in [7, 11) is 3.21. The van der Waals surface area contributed by atoms with Gasteiger partial charge in [-0.3, -0.25) is 9.59 Å². The predicted octanol–water partition coefficient (Wildman–Crippen LogP) is 5.64. The van der Waals surface area contributed by atoms with Gasteiger partial charge in [0.25, 0.3) is 0 Å². The topological polar surface area (TPSA) is 126 Å². The summed E-state index contributed by atoms with van der Waals surface area (Å²) in [5.41, 5.74) is 6.21.